The van der Waals surface area contributed by atoms with E-state index in [1.54, 1.807) is 0 Å². The highest BCUT2D eigenvalue weighted by Gasteiger charge is 2.01. The average Bonchev–Trinajstić information content (AvgIpc) is 2.26. The van der Waals surface area contributed by atoms with Gasteiger partial charge in [-0.05, 0) is 54.7 Å². The van der Waals surface area contributed by atoms with Gasteiger partial charge in [0.05, 0.1) is 0 Å². The molecule has 0 aliphatic carbocycles. The summed E-state index contributed by atoms with van der Waals surface area (Å²) in [5.74, 6) is 0. The number of hydrogen-bond acceptors (Lipinski definition) is 1. The van der Waals surface area contributed by atoms with Gasteiger partial charge in [0, 0.05) is 4.90 Å². The summed E-state index contributed by atoms with van der Waals surface area (Å²) < 4.78 is 0. The molecule has 0 atom stereocenters. The van der Waals surface area contributed by atoms with Crippen molar-refractivity contribution in [2.45, 2.75) is 25.7 Å². The Morgan fingerprint density at radius 3 is 1.81 bits per heavy atom. The normalized spacial score (nSPS) is 10.5. The average molecular weight is 228 g/mol. The summed E-state index contributed by atoms with van der Waals surface area (Å²) in [5, 5.41) is 0. The van der Waals surface area contributed by atoms with Gasteiger partial charge in [-0.2, -0.15) is 0 Å². The molecule has 0 amide bonds. The van der Waals surface area contributed by atoms with E-state index in [0.717, 1.165) is 4.90 Å². The lowest BCUT2D eigenvalue weighted by Gasteiger charge is -2.07. The molecular weight excluding hydrogens is 212 g/mol. The Kier molecular flexibility index (Phi) is 3.06. The first-order chi connectivity index (χ1) is 7.58. The van der Waals surface area contributed by atoms with Crippen LogP contribution < -0.4 is 0 Å². The number of thiol groups is 1. The molecule has 0 nitrogen and oxygen atoms in total. The Morgan fingerprint density at radius 2 is 1.25 bits per heavy atom. The van der Waals surface area contributed by atoms with Crippen LogP contribution in [-0.2, 0) is 0 Å². The summed E-state index contributed by atoms with van der Waals surface area (Å²) in [7, 11) is 0. The van der Waals surface area contributed by atoms with Crippen molar-refractivity contribution in [3.63, 3.8) is 0 Å². The van der Waals surface area contributed by atoms with Crippen molar-refractivity contribution < 1.29 is 0 Å². The highest BCUT2D eigenvalue weighted by atomic mass is 32.1. The van der Waals surface area contributed by atoms with Crippen LogP contribution in [0.15, 0.2) is 41.3 Å². The second kappa shape index (κ2) is 4.34. The van der Waals surface area contributed by atoms with Crippen LogP contribution in [0.5, 0.6) is 0 Å². The fraction of sp³-hybridized carbons (Fsp3) is 0.200. The van der Waals surface area contributed by atoms with Crippen molar-refractivity contribution in [1.29, 1.82) is 0 Å². The maximum atomic E-state index is 4.39. The third-order valence-electron chi connectivity index (χ3n) is 3.04. The van der Waals surface area contributed by atoms with Crippen molar-refractivity contribution in [1.82, 2.24) is 0 Å². The molecule has 0 fully saturated rings. The largest absolute Gasteiger partial charge is 0.143 e. The third-order valence-corrected chi connectivity index (χ3v) is 3.54. The lowest BCUT2D eigenvalue weighted by Crippen LogP contribution is -1.85. The van der Waals surface area contributed by atoms with Crippen molar-refractivity contribution in [3.05, 3.63) is 53.1 Å². The van der Waals surface area contributed by atoms with E-state index in [-0.39, 0.29) is 0 Å². The minimum absolute atomic E-state index is 1.05. The molecule has 0 N–H and O–H groups in total. The third kappa shape index (κ3) is 2.14. The zero-order chi connectivity index (χ0) is 11.7. The fourth-order valence-electron chi connectivity index (χ4n) is 1.76. The summed E-state index contributed by atoms with van der Waals surface area (Å²) in [5.41, 5.74) is 6.44. The molecule has 2 aromatic carbocycles. The molecule has 0 unspecified atom stereocenters. The quantitative estimate of drug-likeness (QED) is 0.679. The minimum atomic E-state index is 1.05. The first kappa shape index (κ1) is 11.3. The first-order valence-electron chi connectivity index (χ1n) is 5.45. The molecule has 1 heteroatoms. The van der Waals surface area contributed by atoms with Gasteiger partial charge in [0.1, 0.15) is 0 Å². The zero-order valence-corrected chi connectivity index (χ0v) is 10.8. The molecule has 0 heterocycles. The van der Waals surface area contributed by atoms with E-state index in [0.29, 0.717) is 0 Å². The summed E-state index contributed by atoms with van der Waals surface area (Å²) in [4.78, 5) is 1.05. The topological polar surface area (TPSA) is 0 Å². The number of rotatable bonds is 1. The van der Waals surface area contributed by atoms with E-state index in [9.17, 15) is 0 Å². The van der Waals surface area contributed by atoms with Crippen LogP contribution in [0, 0.1) is 20.8 Å². The van der Waals surface area contributed by atoms with Crippen LogP contribution in [0.4, 0.5) is 0 Å². The molecule has 0 aliphatic heterocycles. The Hall–Kier alpha value is -1.21. The van der Waals surface area contributed by atoms with Gasteiger partial charge in [-0.25, -0.2) is 0 Å². The molecule has 0 radical (unpaired) electrons. The molecule has 2 aromatic rings. The molecular formula is C15H16S. The van der Waals surface area contributed by atoms with Gasteiger partial charge < -0.3 is 0 Å². The maximum Gasteiger partial charge on any atom is 0.00696 e. The van der Waals surface area contributed by atoms with Crippen molar-refractivity contribution in [2.24, 2.45) is 0 Å². The lowest BCUT2D eigenvalue weighted by molar-refractivity contribution is 1.30. The van der Waals surface area contributed by atoms with E-state index in [1.807, 2.05) is 0 Å². The van der Waals surface area contributed by atoms with Crippen LogP contribution in [0.25, 0.3) is 11.1 Å². The smallest absolute Gasteiger partial charge is 0.00696 e. The predicted molar refractivity (Wildman–Crippen MR) is 73.3 cm³/mol. The molecule has 0 spiro atoms. The van der Waals surface area contributed by atoms with E-state index in [4.69, 9.17) is 0 Å². The van der Waals surface area contributed by atoms with Gasteiger partial charge in [0.15, 0.2) is 0 Å². The number of hydrogen-bond donors (Lipinski definition) is 1. The van der Waals surface area contributed by atoms with Crippen LogP contribution in [0.2, 0.25) is 0 Å². The highest BCUT2D eigenvalue weighted by Crippen LogP contribution is 2.25. The molecule has 16 heavy (non-hydrogen) atoms. The van der Waals surface area contributed by atoms with Crippen LogP contribution in [-0.4, -0.2) is 0 Å². The summed E-state index contributed by atoms with van der Waals surface area (Å²) in [6.45, 7) is 6.38. The number of aryl methyl sites for hydroxylation is 3. The first-order valence-corrected chi connectivity index (χ1v) is 5.90. The maximum absolute atomic E-state index is 4.39. The Bertz CT molecular complexity index is 477. The van der Waals surface area contributed by atoms with Crippen molar-refractivity contribution >= 4 is 12.6 Å². The van der Waals surface area contributed by atoms with Gasteiger partial charge in [0.2, 0.25) is 0 Å². The Balaban J connectivity index is 2.50. The van der Waals surface area contributed by atoms with Gasteiger partial charge >= 0.3 is 0 Å². The lowest BCUT2D eigenvalue weighted by atomic mass is 9.99. The van der Waals surface area contributed by atoms with Gasteiger partial charge in [-0.15, -0.1) is 12.6 Å². The van der Waals surface area contributed by atoms with E-state index >= 15 is 0 Å². The minimum Gasteiger partial charge on any atom is -0.143 e. The summed E-state index contributed by atoms with van der Waals surface area (Å²) in [6.07, 6.45) is 0. The number of benzene rings is 2. The van der Waals surface area contributed by atoms with Gasteiger partial charge in [-0.3, -0.25) is 0 Å². The predicted octanol–water partition coefficient (Wildman–Crippen LogP) is 4.57. The second-order valence-electron chi connectivity index (χ2n) is 4.30. The standard InChI is InChI=1S/C15H16S/c1-10-4-5-13(8-11(10)2)14-6-7-15(16)12(3)9-14/h4-9,16H,1-3H3. The monoisotopic (exact) mass is 228 g/mol. The Labute approximate surface area is 103 Å². The van der Waals surface area contributed by atoms with Gasteiger partial charge in [-0.1, -0.05) is 30.3 Å². The van der Waals surface area contributed by atoms with Crippen molar-refractivity contribution in [2.75, 3.05) is 0 Å². The molecule has 2 rings (SSSR count). The molecule has 0 aromatic heterocycles. The van der Waals surface area contributed by atoms with Crippen LogP contribution >= 0.6 is 12.6 Å². The van der Waals surface area contributed by atoms with E-state index < -0.39 is 0 Å². The van der Waals surface area contributed by atoms with Crippen molar-refractivity contribution in [3.8, 4) is 11.1 Å². The molecule has 0 aliphatic rings. The second-order valence-corrected chi connectivity index (χ2v) is 4.78. The van der Waals surface area contributed by atoms with E-state index in [1.165, 1.54) is 27.8 Å². The zero-order valence-electron chi connectivity index (χ0n) is 9.91. The molecule has 82 valence electrons. The Morgan fingerprint density at radius 1 is 0.688 bits per heavy atom. The van der Waals surface area contributed by atoms with Crippen LogP contribution in [0.1, 0.15) is 16.7 Å². The molecule has 0 saturated heterocycles. The van der Waals surface area contributed by atoms with Gasteiger partial charge in [0.25, 0.3) is 0 Å². The molecule has 0 saturated carbocycles. The summed E-state index contributed by atoms with van der Waals surface area (Å²) in [6, 6.07) is 13.0. The SMILES string of the molecule is Cc1ccc(-c2ccc(S)c(C)c2)cc1C. The molecule has 0 bridgehead atoms. The highest BCUT2D eigenvalue weighted by molar-refractivity contribution is 7.80. The van der Waals surface area contributed by atoms with E-state index in [2.05, 4.69) is 69.8 Å². The fourth-order valence-corrected chi connectivity index (χ4v) is 1.90. The summed E-state index contributed by atoms with van der Waals surface area (Å²) >= 11 is 4.39. The van der Waals surface area contributed by atoms with Crippen LogP contribution in [0.3, 0.4) is 0 Å².